The number of hydrogen-bond donors (Lipinski definition) is 2. The molecule has 0 heterocycles. The lowest BCUT2D eigenvalue weighted by atomic mass is 9.97. The molecule has 3 nitrogen and oxygen atoms in total. The van der Waals surface area contributed by atoms with Crippen LogP contribution in [0.4, 0.5) is 11.4 Å². The molecule has 0 amide bonds. The second-order valence-electron chi connectivity index (χ2n) is 4.70. The Morgan fingerprint density at radius 3 is 2.25 bits per heavy atom. The van der Waals surface area contributed by atoms with Gasteiger partial charge < -0.3 is 16.2 Å². The zero-order valence-electron chi connectivity index (χ0n) is 11.3. The van der Waals surface area contributed by atoms with Gasteiger partial charge in [-0.1, -0.05) is 36.4 Å². The Bertz CT molecular complexity index is 764. The summed E-state index contributed by atoms with van der Waals surface area (Å²) < 4.78 is 5.17. The molecular formula is C17H16N2O. The number of methoxy groups -OCH3 is 1. The Kier molecular flexibility index (Phi) is 2.95. The lowest BCUT2D eigenvalue weighted by molar-refractivity contribution is 0.415. The smallest absolute Gasteiger partial charge is 0.118 e. The third kappa shape index (κ3) is 1.93. The summed E-state index contributed by atoms with van der Waals surface area (Å²) in [6, 6.07) is 17.9. The number of benzene rings is 3. The number of rotatable bonds is 2. The lowest BCUT2D eigenvalue weighted by Crippen LogP contribution is -1.98. The molecule has 0 fully saturated rings. The highest BCUT2D eigenvalue weighted by molar-refractivity contribution is 6.04. The second kappa shape index (κ2) is 4.78. The third-order valence-electron chi connectivity index (χ3n) is 3.53. The van der Waals surface area contributed by atoms with Crippen LogP contribution in [0.2, 0.25) is 0 Å². The average Bonchev–Trinajstić information content (AvgIpc) is 2.51. The van der Waals surface area contributed by atoms with E-state index in [1.807, 2.05) is 48.5 Å². The summed E-state index contributed by atoms with van der Waals surface area (Å²) >= 11 is 0. The number of ether oxygens (including phenoxy) is 1. The summed E-state index contributed by atoms with van der Waals surface area (Å²) in [7, 11) is 1.65. The molecule has 0 spiro atoms. The molecule has 4 N–H and O–H groups in total. The second-order valence-corrected chi connectivity index (χ2v) is 4.70. The van der Waals surface area contributed by atoms with E-state index >= 15 is 0 Å². The Hall–Kier alpha value is -2.68. The largest absolute Gasteiger partial charge is 0.497 e. The molecule has 0 radical (unpaired) electrons. The minimum Gasteiger partial charge on any atom is -0.497 e. The normalized spacial score (nSPS) is 10.7. The molecule has 3 aromatic carbocycles. The highest BCUT2D eigenvalue weighted by atomic mass is 16.5. The van der Waals surface area contributed by atoms with E-state index in [1.54, 1.807) is 7.11 Å². The molecule has 100 valence electrons. The van der Waals surface area contributed by atoms with Crippen molar-refractivity contribution < 1.29 is 4.74 Å². The van der Waals surface area contributed by atoms with Gasteiger partial charge in [0.15, 0.2) is 0 Å². The van der Waals surface area contributed by atoms with Crippen molar-refractivity contribution in [3.05, 3.63) is 54.6 Å². The van der Waals surface area contributed by atoms with Gasteiger partial charge in [0.2, 0.25) is 0 Å². The van der Waals surface area contributed by atoms with Crippen molar-refractivity contribution in [1.82, 2.24) is 0 Å². The molecule has 3 rings (SSSR count). The first-order valence-corrected chi connectivity index (χ1v) is 6.42. The molecule has 0 saturated heterocycles. The fourth-order valence-corrected chi connectivity index (χ4v) is 2.40. The predicted octanol–water partition coefficient (Wildman–Crippen LogP) is 3.68. The average molecular weight is 264 g/mol. The Labute approximate surface area is 117 Å². The van der Waals surface area contributed by atoms with Crippen molar-refractivity contribution in [3.63, 3.8) is 0 Å². The van der Waals surface area contributed by atoms with Gasteiger partial charge in [0.05, 0.1) is 18.5 Å². The molecule has 0 aliphatic carbocycles. The van der Waals surface area contributed by atoms with E-state index < -0.39 is 0 Å². The van der Waals surface area contributed by atoms with Gasteiger partial charge in [-0.05, 0) is 29.1 Å². The van der Waals surface area contributed by atoms with Crippen LogP contribution in [0.5, 0.6) is 5.75 Å². The molecule has 0 aliphatic heterocycles. The Morgan fingerprint density at radius 1 is 0.850 bits per heavy atom. The maximum Gasteiger partial charge on any atom is 0.118 e. The molecular weight excluding hydrogens is 248 g/mol. The van der Waals surface area contributed by atoms with Gasteiger partial charge >= 0.3 is 0 Å². The fourth-order valence-electron chi connectivity index (χ4n) is 2.40. The van der Waals surface area contributed by atoms with Crippen molar-refractivity contribution in [2.45, 2.75) is 0 Å². The number of hydrogen-bond acceptors (Lipinski definition) is 3. The SMILES string of the molecule is COc1ccc(-c2cc3ccccc3c(N)c2N)cc1. The molecule has 0 saturated carbocycles. The molecule has 20 heavy (non-hydrogen) atoms. The summed E-state index contributed by atoms with van der Waals surface area (Å²) in [5.41, 5.74) is 15.6. The summed E-state index contributed by atoms with van der Waals surface area (Å²) in [5, 5.41) is 2.08. The number of nitrogens with two attached hydrogens (primary N) is 2. The summed E-state index contributed by atoms with van der Waals surface area (Å²) in [5.74, 6) is 0.820. The van der Waals surface area contributed by atoms with Gasteiger partial charge in [-0.2, -0.15) is 0 Å². The van der Waals surface area contributed by atoms with E-state index in [1.165, 1.54) is 0 Å². The van der Waals surface area contributed by atoms with Crippen LogP contribution >= 0.6 is 0 Å². The number of nitrogen functional groups attached to an aromatic ring is 2. The molecule has 3 aromatic rings. The highest BCUT2D eigenvalue weighted by Crippen LogP contribution is 2.36. The Balaban J connectivity index is 2.22. The zero-order chi connectivity index (χ0) is 14.1. The molecule has 0 aliphatic rings. The highest BCUT2D eigenvalue weighted by Gasteiger charge is 2.10. The predicted molar refractivity (Wildman–Crippen MR) is 84.8 cm³/mol. The van der Waals surface area contributed by atoms with Crippen molar-refractivity contribution in [1.29, 1.82) is 0 Å². The maximum atomic E-state index is 6.20. The van der Waals surface area contributed by atoms with Gasteiger partial charge in [0.1, 0.15) is 5.75 Å². The number of fused-ring (bicyclic) bond motifs is 1. The van der Waals surface area contributed by atoms with Crippen LogP contribution in [0.15, 0.2) is 54.6 Å². The first-order chi connectivity index (χ1) is 9.70. The summed E-state index contributed by atoms with van der Waals surface area (Å²) in [6.07, 6.45) is 0. The molecule has 0 aromatic heterocycles. The quantitative estimate of drug-likeness (QED) is 0.694. The van der Waals surface area contributed by atoms with Crippen molar-refractivity contribution in [2.24, 2.45) is 0 Å². The van der Waals surface area contributed by atoms with Gasteiger partial charge in [-0.3, -0.25) is 0 Å². The van der Waals surface area contributed by atoms with Crippen molar-refractivity contribution in [3.8, 4) is 16.9 Å². The van der Waals surface area contributed by atoms with Crippen LogP contribution in [0, 0.1) is 0 Å². The minimum atomic E-state index is 0.619. The van der Waals surface area contributed by atoms with E-state index in [2.05, 4.69) is 6.07 Å². The van der Waals surface area contributed by atoms with Crippen LogP contribution < -0.4 is 16.2 Å². The molecule has 0 atom stereocenters. The van der Waals surface area contributed by atoms with E-state index in [9.17, 15) is 0 Å². The van der Waals surface area contributed by atoms with Crippen molar-refractivity contribution in [2.75, 3.05) is 18.6 Å². The van der Waals surface area contributed by atoms with Crippen LogP contribution in [-0.4, -0.2) is 7.11 Å². The van der Waals surface area contributed by atoms with Crippen LogP contribution in [-0.2, 0) is 0 Å². The van der Waals surface area contributed by atoms with Crippen LogP contribution in [0.25, 0.3) is 21.9 Å². The standard InChI is InChI=1S/C17H16N2O/c1-20-13-8-6-11(7-9-13)15-10-12-4-2-3-5-14(12)16(18)17(15)19/h2-10H,18-19H2,1H3. The summed E-state index contributed by atoms with van der Waals surface area (Å²) in [4.78, 5) is 0. The van der Waals surface area contributed by atoms with E-state index in [0.717, 1.165) is 27.6 Å². The van der Waals surface area contributed by atoms with E-state index in [4.69, 9.17) is 16.2 Å². The third-order valence-corrected chi connectivity index (χ3v) is 3.53. The first-order valence-electron chi connectivity index (χ1n) is 6.42. The number of anilines is 2. The topological polar surface area (TPSA) is 61.3 Å². The van der Waals surface area contributed by atoms with Crippen LogP contribution in [0.1, 0.15) is 0 Å². The Morgan fingerprint density at radius 2 is 1.55 bits per heavy atom. The van der Waals surface area contributed by atoms with Gasteiger partial charge in [0.25, 0.3) is 0 Å². The summed E-state index contributed by atoms with van der Waals surface area (Å²) in [6.45, 7) is 0. The van der Waals surface area contributed by atoms with Crippen LogP contribution in [0.3, 0.4) is 0 Å². The molecule has 0 unspecified atom stereocenters. The minimum absolute atomic E-state index is 0.619. The van der Waals surface area contributed by atoms with Gasteiger partial charge in [-0.25, -0.2) is 0 Å². The van der Waals surface area contributed by atoms with E-state index in [-0.39, 0.29) is 0 Å². The zero-order valence-corrected chi connectivity index (χ0v) is 11.3. The lowest BCUT2D eigenvalue weighted by Gasteiger charge is -2.12. The van der Waals surface area contributed by atoms with Gasteiger partial charge in [-0.15, -0.1) is 0 Å². The first kappa shape index (κ1) is 12.4. The van der Waals surface area contributed by atoms with Crippen molar-refractivity contribution >= 4 is 22.1 Å². The maximum absolute atomic E-state index is 6.20. The van der Waals surface area contributed by atoms with E-state index in [0.29, 0.717) is 11.4 Å². The molecule has 0 bridgehead atoms. The fraction of sp³-hybridized carbons (Fsp3) is 0.0588. The monoisotopic (exact) mass is 264 g/mol. The molecule has 3 heteroatoms. The van der Waals surface area contributed by atoms with Gasteiger partial charge in [0, 0.05) is 10.9 Å².